The zero-order valence-electron chi connectivity index (χ0n) is 8.16. The Morgan fingerprint density at radius 3 is 2.79 bits per heavy atom. The molecule has 0 atom stereocenters. The summed E-state index contributed by atoms with van der Waals surface area (Å²) in [5, 5.41) is 0. The summed E-state index contributed by atoms with van der Waals surface area (Å²) in [5.41, 5.74) is 6.19. The molecule has 2 aromatic heterocycles. The number of hydrogen-bond donors (Lipinski definition) is 1. The summed E-state index contributed by atoms with van der Waals surface area (Å²) in [4.78, 5) is 4.18. The molecule has 0 bridgehead atoms. The maximum absolute atomic E-state index is 13.0. The van der Waals surface area contributed by atoms with Crippen LogP contribution in [0, 0.1) is 5.82 Å². The Labute approximate surface area is 81.4 Å². The van der Waals surface area contributed by atoms with Gasteiger partial charge in [-0.15, -0.1) is 0 Å². The molecular formula is C10H12FN3. The van der Waals surface area contributed by atoms with Crippen molar-refractivity contribution in [2.24, 2.45) is 5.73 Å². The number of pyridine rings is 1. The molecule has 0 fully saturated rings. The molecule has 2 aromatic rings. The lowest BCUT2D eigenvalue weighted by Gasteiger charge is -2.16. The van der Waals surface area contributed by atoms with Gasteiger partial charge in [0.1, 0.15) is 11.6 Å². The SMILES string of the molecule is CC(C)(N)c1ncc2ccc(F)cn12. The second kappa shape index (κ2) is 2.78. The molecule has 0 aliphatic heterocycles. The molecule has 74 valence electrons. The lowest BCUT2D eigenvalue weighted by Crippen LogP contribution is -2.31. The number of halogens is 1. The molecule has 2 heterocycles. The maximum Gasteiger partial charge on any atom is 0.139 e. The molecule has 2 rings (SSSR count). The van der Waals surface area contributed by atoms with Crippen molar-refractivity contribution in [2.45, 2.75) is 19.4 Å². The molecule has 0 aromatic carbocycles. The monoisotopic (exact) mass is 193 g/mol. The van der Waals surface area contributed by atoms with E-state index in [2.05, 4.69) is 4.98 Å². The first-order valence-corrected chi connectivity index (χ1v) is 4.40. The van der Waals surface area contributed by atoms with Crippen LogP contribution in [0.3, 0.4) is 0 Å². The molecule has 0 aliphatic carbocycles. The van der Waals surface area contributed by atoms with Crippen molar-refractivity contribution in [3.8, 4) is 0 Å². The highest BCUT2D eigenvalue weighted by Gasteiger charge is 2.19. The minimum Gasteiger partial charge on any atom is -0.319 e. The highest BCUT2D eigenvalue weighted by Crippen LogP contribution is 2.17. The molecule has 0 saturated carbocycles. The minimum atomic E-state index is -0.569. The Bertz CT molecular complexity index is 468. The van der Waals surface area contributed by atoms with Crippen molar-refractivity contribution in [1.82, 2.24) is 9.38 Å². The Morgan fingerprint density at radius 2 is 2.14 bits per heavy atom. The van der Waals surface area contributed by atoms with Gasteiger partial charge in [-0.25, -0.2) is 9.37 Å². The first-order valence-electron chi connectivity index (χ1n) is 4.40. The van der Waals surface area contributed by atoms with Crippen LogP contribution in [0.25, 0.3) is 5.52 Å². The van der Waals surface area contributed by atoms with Crippen LogP contribution in [0.5, 0.6) is 0 Å². The van der Waals surface area contributed by atoms with Crippen LogP contribution in [0.15, 0.2) is 24.5 Å². The molecule has 0 spiro atoms. The van der Waals surface area contributed by atoms with Gasteiger partial charge in [0.05, 0.1) is 17.3 Å². The fourth-order valence-corrected chi connectivity index (χ4v) is 1.44. The highest BCUT2D eigenvalue weighted by atomic mass is 19.1. The summed E-state index contributed by atoms with van der Waals surface area (Å²) in [6, 6.07) is 3.09. The van der Waals surface area contributed by atoms with Crippen molar-refractivity contribution in [3.63, 3.8) is 0 Å². The summed E-state index contributed by atoms with van der Waals surface area (Å²) < 4.78 is 14.7. The second-order valence-electron chi connectivity index (χ2n) is 3.95. The third-order valence-corrected chi connectivity index (χ3v) is 2.07. The van der Waals surface area contributed by atoms with E-state index in [1.54, 1.807) is 16.7 Å². The van der Waals surface area contributed by atoms with E-state index in [0.717, 1.165) is 5.52 Å². The molecule has 0 unspecified atom stereocenters. The topological polar surface area (TPSA) is 43.3 Å². The lowest BCUT2D eigenvalue weighted by molar-refractivity contribution is 0.508. The van der Waals surface area contributed by atoms with Gasteiger partial charge in [0.15, 0.2) is 0 Å². The predicted octanol–water partition coefficient (Wildman–Crippen LogP) is 1.67. The van der Waals surface area contributed by atoms with Crippen LogP contribution in [0.4, 0.5) is 4.39 Å². The lowest BCUT2D eigenvalue weighted by atomic mass is 10.1. The van der Waals surface area contributed by atoms with E-state index in [1.165, 1.54) is 12.3 Å². The number of imidazole rings is 1. The van der Waals surface area contributed by atoms with E-state index in [0.29, 0.717) is 5.82 Å². The molecule has 0 saturated heterocycles. The Balaban J connectivity index is 2.73. The molecule has 0 radical (unpaired) electrons. The third-order valence-electron chi connectivity index (χ3n) is 2.07. The van der Waals surface area contributed by atoms with Crippen LogP contribution >= 0.6 is 0 Å². The smallest absolute Gasteiger partial charge is 0.139 e. The number of fused-ring (bicyclic) bond motifs is 1. The summed E-state index contributed by atoms with van der Waals surface area (Å²) in [6.45, 7) is 3.68. The zero-order valence-corrected chi connectivity index (χ0v) is 8.16. The number of nitrogens with zero attached hydrogens (tertiary/aromatic N) is 2. The molecule has 14 heavy (non-hydrogen) atoms. The van der Waals surface area contributed by atoms with Crippen molar-refractivity contribution in [3.05, 3.63) is 36.2 Å². The molecule has 2 N–H and O–H groups in total. The molecule has 3 nitrogen and oxygen atoms in total. The molecule has 0 aliphatic rings. The van der Waals surface area contributed by atoms with Gasteiger partial charge in [0.2, 0.25) is 0 Å². The van der Waals surface area contributed by atoms with Crippen LogP contribution < -0.4 is 5.73 Å². The van der Waals surface area contributed by atoms with Crippen molar-refractivity contribution in [1.29, 1.82) is 0 Å². The van der Waals surface area contributed by atoms with Crippen molar-refractivity contribution < 1.29 is 4.39 Å². The van der Waals surface area contributed by atoms with E-state index in [-0.39, 0.29) is 5.82 Å². The second-order valence-corrected chi connectivity index (χ2v) is 3.95. The van der Waals surface area contributed by atoms with Gasteiger partial charge in [0.25, 0.3) is 0 Å². The van der Waals surface area contributed by atoms with Gasteiger partial charge in [-0.1, -0.05) is 0 Å². The standard InChI is InChI=1S/C10H12FN3/c1-10(2,12)9-13-5-8-4-3-7(11)6-14(8)9/h3-6H,12H2,1-2H3. The van der Waals surface area contributed by atoms with Crippen LogP contribution in [-0.2, 0) is 5.54 Å². The minimum absolute atomic E-state index is 0.291. The van der Waals surface area contributed by atoms with E-state index in [9.17, 15) is 4.39 Å². The summed E-state index contributed by atoms with van der Waals surface area (Å²) in [5.74, 6) is 0.369. The van der Waals surface area contributed by atoms with Crippen LogP contribution in [-0.4, -0.2) is 9.38 Å². The van der Waals surface area contributed by atoms with Gasteiger partial charge in [-0.2, -0.15) is 0 Å². The quantitative estimate of drug-likeness (QED) is 0.748. The van der Waals surface area contributed by atoms with Crippen LogP contribution in [0.2, 0.25) is 0 Å². The van der Waals surface area contributed by atoms with E-state index in [1.807, 2.05) is 13.8 Å². The highest BCUT2D eigenvalue weighted by molar-refractivity contribution is 5.46. The van der Waals surface area contributed by atoms with E-state index in [4.69, 9.17) is 5.73 Å². The van der Waals surface area contributed by atoms with Crippen molar-refractivity contribution >= 4 is 5.52 Å². The number of aromatic nitrogens is 2. The Morgan fingerprint density at radius 1 is 1.43 bits per heavy atom. The predicted molar refractivity (Wildman–Crippen MR) is 52.4 cm³/mol. The molecule has 0 amide bonds. The van der Waals surface area contributed by atoms with E-state index >= 15 is 0 Å². The first kappa shape index (κ1) is 9.15. The summed E-state index contributed by atoms with van der Waals surface area (Å²) in [7, 11) is 0. The molecular weight excluding hydrogens is 181 g/mol. The third kappa shape index (κ3) is 1.37. The average molecular weight is 193 g/mol. The number of nitrogens with two attached hydrogens (primary N) is 1. The van der Waals surface area contributed by atoms with Gasteiger partial charge < -0.3 is 5.73 Å². The fraction of sp³-hybridized carbons (Fsp3) is 0.300. The maximum atomic E-state index is 13.0. The fourth-order valence-electron chi connectivity index (χ4n) is 1.44. The average Bonchev–Trinajstić information content (AvgIpc) is 2.45. The number of hydrogen-bond acceptors (Lipinski definition) is 2. The van der Waals surface area contributed by atoms with Crippen molar-refractivity contribution in [2.75, 3.05) is 0 Å². The van der Waals surface area contributed by atoms with Gasteiger partial charge in [-0.3, -0.25) is 4.40 Å². The van der Waals surface area contributed by atoms with Crippen LogP contribution in [0.1, 0.15) is 19.7 Å². The summed E-state index contributed by atoms with van der Waals surface area (Å²) >= 11 is 0. The van der Waals surface area contributed by atoms with Gasteiger partial charge >= 0.3 is 0 Å². The number of rotatable bonds is 1. The normalized spacial score (nSPS) is 12.3. The largest absolute Gasteiger partial charge is 0.319 e. The molecule has 4 heteroatoms. The van der Waals surface area contributed by atoms with E-state index < -0.39 is 5.54 Å². The zero-order chi connectivity index (χ0) is 10.3. The van der Waals surface area contributed by atoms with Gasteiger partial charge in [-0.05, 0) is 26.0 Å². The Hall–Kier alpha value is -1.42. The Kier molecular flexibility index (Phi) is 1.82. The first-order chi connectivity index (χ1) is 6.48. The van der Waals surface area contributed by atoms with Gasteiger partial charge in [0, 0.05) is 6.20 Å². The summed E-state index contributed by atoms with van der Waals surface area (Å²) in [6.07, 6.45) is 3.08.